The van der Waals surface area contributed by atoms with Gasteiger partial charge in [-0.1, -0.05) is 43.0 Å². The van der Waals surface area contributed by atoms with Gasteiger partial charge in [0.05, 0.1) is 0 Å². The Hall–Kier alpha value is -1.04. The minimum absolute atomic E-state index is 1.22. The Morgan fingerprint density at radius 1 is 1.25 bits per heavy atom. The van der Waals surface area contributed by atoms with Gasteiger partial charge in [0.25, 0.3) is 0 Å². The van der Waals surface area contributed by atoms with E-state index in [9.17, 15) is 0 Å². The van der Waals surface area contributed by atoms with Gasteiger partial charge in [-0.05, 0) is 5.57 Å². The first-order chi connectivity index (χ1) is 3.93. The maximum absolute atomic E-state index is 3.58. The lowest BCUT2D eigenvalue weighted by Crippen LogP contribution is -1.59. The molecule has 8 heavy (non-hydrogen) atoms. The zero-order valence-corrected chi connectivity index (χ0v) is 4.67. The van der Waals surface area contributed by atoms with Crippen LogP contribution in [0.1, 0.15) is 0 Å². The molecule has 0 unspecified atom stereocenters. The van der Waals surface area contributed by atoms with Crippen molar-refractivity contribution >= 4 is 0 Å². The average Bonchev–Trinajstić information content (AvgIpc) is 2.19. The second-order valence-corrected chi connectivity index (χ2v) is 1.62. The summed E-state index contributed by atoms with van der Waals surface area (Å²) >= 11 is 0. The summed E-state index contributed by atoms with van der Waals surface area (Å²) in [6, 6.07) is 0. The summed E-state index contributed by atoms with van der Waals surface area (Å²) in [7, 11) is 0. The third-order valence-corrected chi connectivity index (χ3v) is 0.999. The van der Waals surface area contributed by atoms with Crippen molar-refractivity contribution in [1.29, 1.82) is 0 Å². The molecule has 0 aromatic carbocycles. The van der Waals surface area contributed by atoms with Crippen molar-refractivity contribution in [3.05, 3.63) is 48.6 Å². The van der Waals surface area contributed by atoms with Crippen LogP contribution >= 0.6 is 0 Å². The third-order valence-electron chi connectivity index (χ3n) is 0.999. The molecule has 0 aromatic heterocycles. The smallest absolute Gasteiger partial charge is 0.0257 e. The normalized spacial score (nSPS) is 14.8. The van der Waals surface area contributed by atoms with Gasteiger partial charge in [-0.25, -0.2) is 0 Å². The van der Waals surface area contributed by atoms with E-state index in [1.807, 2.05) is 30.4 Å². The summed E-state index contributed by atoms with van der Waals surface area (Å²) in [6.45, 7) is 3.58. The summed E-state index contributed by atoms with van der Waals surface area (Å²) in [4.78, 5) is 0. The third kappa shape index (κ3) is 0.969. The highest BCUT2D eigenvalue weighted by molar-refractivity contribution is 5.41. The molecule has 0 atom stereocenters. The van der Waals surface area contributed by atoms with Gasteiger partial charge in [-0.3, -0.25) is 0 Å². The van der Waals surface area contributed by atoms with Crippen LogP contribution in [-0.2, 0) is 0 Å². The fraction of sp³-hybridized carbons (Fsp3) is 0. The fourth-order valence-electron chi connectivity index (χ4n) is 0.636. The van der Waals surface area contributed by atoms with Crippen LogP contribution in [0, 0.1) is 0 Å². The fourth-order valence-corrected chi connectivity index (χ4v) is 0.636. The van der Waals surface area contributed by atoms with E-state index < -0.39 is 0 Å². The van der Waals surface area contributed by atoms with Crippen molar-refractivity contribution in [2.75, 3.05) is 0 Å². The quantitative estimate of drug-likeness (QED) is 0.478. The Bertz CT molecular complexity index is 154. The van der Waals surface area contributed by atoms with Crippen molar-refractivity contribution in [1.82, 2.24) is 0 Å². The van der Waals surface area contributed by atoms with Crippen LogP contribution < -0.4 is 0 Å². The van der Waals surface area contributed by atoms with Gasteiger partial charge in [-0.2, -0.15) is 0 Å². The minimum Gasteiger partial charge on any atom is -0.0990 e. The lowest BCUT2D eigenvalue weighted by atomic mass is 10.3. The van der Waals surface area contributed by atoms with Gasteiger partial charge < -0.3 is 0 Å². The van der Waals surface area contributed by atoms with E-state index in [1.54, 1.807) is 6.08 Å². The highest BCUT2D eigenvalue weighted by atomic mass is 13.9. The first kappa shape index (κ1) is 5.10. The van der Waals surface area contributed by atoms with Gasteiger partial charge in [0, 0.05) is 0 Å². The second-order valence-electron chi connectivity index (χ2n) is 1.62. The van der Waals surface area contributed by atoms with Crippen molar-refractivity contribution in [3.8, 4) is 0 Å². The first-order valence-electron chi connectivity index (χ1n) is 2.61. The predicted molar refractivity (Wildman–Crippen MR) is 36.6 cm³/mol. The lowest BCUT2D eigenvalue weighted by Gasteiger charge is -1.79. The molecule has 0 aromatic rings. The lowest BCUT2D eigenvalue weighted by molar-refractivity contribution is 1.77. The molecule has 0 radical (unpaired) electrons. The molecule has 0 nitrogen and oxygen atoms in total. The first-order valence-corrected chi connectivity index (χ1v) is 2.61. The molecule has 0 fully saturated rings. The number of hydrogen-bond donors (Lipinski definition) is 0. The molecule has 1 rings (SSSR count). The van der Waals surface area contributed by atoms with Gasteiger partial charge in [0.2, 0.25) is 0 Å². The van der Waals surface area contributed by atoms with E-state index in [4.69, 9.17) is 0 Å². The van der Waals surface area contributed by atoms with E-state index in [1.165, 1.54) is 5.57 Å². The molecule has 0 bridgehead atoms. The number of rotatable bonds is 1. The summed E-state index contributed by atoms with van der Waals surface area (Å²) in [6.07, 6.45) is 11.9. The van der Waals surface area contributed by atoms with Crippen molar-refractivity contribution in [3.63, 3.8) is 0 Å². The second kappa shape index (κ2) is 2.31. The molecular formula is C8H8. The van der Waals surface area contributed by atoms with Crippen LogP contribution in [0.2, 0.25) is 0 Å². The van der Waals surface area contributed by atoms with Crippen molar-refractivity contribution in [2.45, 2.75) is 0 Å². The Kier molecular flexibility index (Phi) is 1.48. The summed E-state index contributed by atoms with van der Waals surface area (Å²) in [5.41, 5.74) is 1.22. The molecule has 0 aliphatic heterocycles. The Balaban J connectivity index is 2.74. The highest BCUT2D eigenvalue weighted by Gasteiger charge is 1.85. The van der Waals surface area contributed by atoms with Crippen LogP contribution in [0.15, 0.2) is 48.6 Å². The van der Waals surface area contributed by atoms with Crippen LogP contribution in [0.25, 0.3) is 0 Å². The Labute approximate surface area is 49.5 Å². The van der Waals surface area contributed by atoms with Gasteiger partial charge in [0.1, 0.15) is 0 Å². The zero-order chi connectivity index (χ0) is 5.82. The SMILES string of the molecule is C=CC=C1C=CC=C1. The molecular weight excluding hydrogens is 96.1 g/mol. The van der Waals surface area contributed by atoms with Crippen LogP contribution in [0.4, 0.5) is 0 Å². The monoisotopic (exact) mass is 104 g/mol. The molecule has 0 saturated carbocycles. The molecule has 1 aliphatic carbocycles. The van der Waals surface area contributed by atoms with Crippen molar-refractivity contribution in [2.24, 2.45) is 0 Å². The number of allylic oxidation sites excluding steroid dienone is 7. The summed E-state index contributed by atoms with van der Waals surface area (Å²) in [5.74, 6) is 0. The number of hydrogen-bond acceptors (Lipinski definition) is 0. The molecule has 0 heterocycles. The van der Waals surface area contributed by atoms with Gasteiger partial charge in [0.15, 0.2) is 0 Å². The van der Waals surface area contributed by atoms with Crippen LogP contribution in [0.3, 0.4) is 0 Å². The molecule has 0 amide bonds. The molecule has 1 aliphatic rings. The van der Waals surface area contributed by atoms with Crippen LogP contribution in [-0.4, -0.2) is 0 Å². The van der Waals surface area contributed by atoms with E-state index >= 15 is 0 Å². The summed E-state index contributed by atoms with van der Waals surface area (Å²) in [5, 5.41) is 0. The summed E-state index contributed by atoms with van der Waals surface area (Å²) < 4.78 is 0. The molecule has 0 saturated heterocycles. The maximum Gasteiger partial charge on any atom is -0.0257 e. The largest absolute Gasteiger partial charge is 0.0990 e. The standard InChI is InChI=1S/C8H8/c1-2-5-8-6-3-4-7-8/h2-7H,1H2. The topological polar surface area (TPSA) is 0 Å². The highest BCUT2D eigenvalue weighted by Crippen LogP contribution is 2.05. The van der Waals surface area contributed by atoms with Gasteiger partial charge in [-0.15, -0.1) is 0 Å². The molecule has 0 spiro atoms. The average molecular weight is 104 g/mol. The van der Waals surface area contributed by atoms with Gasteiger partial charge >= 0.3 is 0 Å². The zero-order valence-electron chi connectivity index (χ0n) is 4.67. The Morgan fingerprint density at radius 2 is 1.88 bits per heavy atom. The molecule has 0 heteroatoms. The van der Waals surface area contributed by atoms with E-state index in [0.29, 0.717) is 0 Å². The minimum atomic E-state index is 1.22. The van der Waals surface area contributed by atoms with Crippen molar-refractivity contribution < 1.29 is 0 Å². The van der Waals surface area contributed by atoms with E-state index in [2.05, 4.69) is 6.58 Å². The predicted octanol–water partition coefficient (Wildman–Crippen LogP) is 2.22. The maximum atomic E-state index is 3.58. The molecule has 40 valence electrons. The Morgan fingerprint density at radius 3 is 2.38 bits per heavy atom. The van der Waals surface area contributed by atoms with Crippen LogP contribution in [0.5, 0.6) is 0 Å². The molecule has 0 N–H and O–H groups in total. The van der Waals surface area contributed by atoms with E-state index in [0.717, 1.165) is 0 Å². The van der Waals surface area contributed by atoms with E-state index in [-0.39, 0.29) is 0 Å².